The number of likely N-dealkylation sites (tertiary alicyclic amines) is 1. The summed E-state index contributed by atoms with van der Waals surface area (Å²) in [6.07, 6.45) is 6.57. The second-order valence-corrected chi connectivity index (χ2v) is 7.84. The minimum Gasteiger partial charge on any atom is -0.459 e. The van der Waals surface area contributed by atoms with Crippen LogP contribution in [-0.4, -0.2) is 60.7 Å². The van der Waals surface area contributed by atoms with Crippen molar-refractivity contribution in [2.24, 2.45) is 4.99 Å². The number of rotatable bonds is 5. The fourth-order valence-corrected chi connectivity index (χ4v) is 3.54. The summed E-state index contributed by atoms with van der Waals surface area (Å²) in [6, 6.07) is 1.18. The summed E-state index contributed by atoms with van der Waals surface area (Å²) < 4.78 is 5.31. The van der Waals surface area contributed by atoms with E-state index in [1.54, 1.807) is 0 Å². The van der Waals surface area contributed by atoms with Gasteiger partial charge in [0.15, 0.2) is 5.96 Å². The van der Waals surface area contributed by atoms with Crippen LogP contribution in [0.1, 0.15) is 59.8 Å². The molecule has 7 heteroatoms. The maximum atomic E-state index is 11.8. The number of esters is 1. The smallest absolute Gasteiger partial charge is 0.328 e. The highest BCUT2D eigenvalue weighted by Crippen LogP contribution is 2.26. The van der Waals surface area contributed by atoms with Gasteiger partial charge in [-0.1, -0.05) is 12.8 Å². The zero-order valence-corrected chi connectivity index (χ0v) is 18.5. The van der Waals surface area contributed by atoms with Gasteiger partial charge in [0, 0.05) is 31.7 Å². The molecule has 146 valence electrons. The molecule has 2 rings (SSSR count). The Labute approximate surface area is 169 Å². The molecular weight excluding hydrogens is 431 g/mol. The van der Waals surface area contributed by atoms with Gasteiger partial charge in [0.05, 0.1) is 0 Å². The third-order valence-electron chi connectivity index (χ3n) is 4.53. The van der Waals surface area contributed by atoms with Crippen molar-refractivity contribution in [3.05, 3.63) is 0 Å². The van der Waals surface area contributed by atoms with Crippen molar-refractivity contribution < 1.29 is 9.53 Å². The molecule has 1 aliphatic heterocycles. The number of nitrogens with zero attached hydrogens (tertiary/aromatic N) is 2. The fraction of sp³-hybridized carbons (Fsp3) is 0.889. The summed E-state index contributed by atoms with van der Waals surface area (Å²) >= 11 is 0. The number of nitrogens with one attached hydrogen (secondary N) is 2. The first-order valence-electron chi connectivity index (χ1n) is 9.38. The molecule has 0 spiro atoms. The predicted molar refractivity (Wildman–Crippen MR) is 113 cm³/mol. The quantitative estimate of drug-likeness (QED) is 0.282. The van der Waals surface area contributed by atoms with Gasteiger partial charge in [-0.3, -0.25) is 9.69 Å². The third-order valence-corrected chi connectivity index (χ3v) is 4.53. The lowest BCUT2D eigenvalue weighted by molar-refractivity contribution is -0.152. The van der Waals surface area contributed by atoms with Crippen LogP contribution in [0.3, 0.4) is 0 Å². The van der Waals surface area contributed by atoms with E-state index in [2.05, 4.69) is 20.5 Å². The highest BCUT2D eigenvalue weighted by molar-refractivity contribution is 14.0. The number of hydrogen-bond donors (Lipinski definition) is 2. The molecule has 2 aliphatic rings. The van der Waals surface area contributed by atoms with Crippen LogP contribution in [-0.2, 0) is 9.53 Å². The molecule has 0 bridgehead atoms. The summed E-state index contributed by atoms with van der Waals surface area (Å²) in [5.74, 6) is 0.417. The van der Waals surface area contributed by atoms with Crippen LogP contribution < -0.4 is 10.6 Å². The Morgan fingerprint density at radius 3 is 2.52 bits per heavy atom. The number of aliphatic imine (C=N–C) groups is 1. The van der Waals surface area contributed by atoms with Gasteiger partial charge in [-0.25, -0.2) is 4.99 Å². The van der Waals surface area contributed by atoms with Gasteiger partial charge >= 0.3 is 5.97 Å². The molecule has 0 aromatic rings. The van der Waals surface area contributed by atoms with Crippen LogP contribution >= 0.6 is 24.0 Å². The maximum absolute atomic E-state index is 11.8. The van der Waals surface area contributed by atoms with E-state index < -0.39 is 5.60 Å². The van der Waals surface area contributed by atoms with Crippen LogP contribution in [0.25, 0.3) is 0 Å². The van der Waals surface area contributed by atoms with Crippen molar-refractivity contribution in [3.8, 4) is 0 Å². The van der Waals surface area contributed by atoms with Gasteiger partial charge in [0.1, 0.15) is 12.1 Å². The molecule has 0 radical (unpaired) electrons. The molecule has 1 heterocycles. The van der Waals surface area contributed by atoms with Gasteiger partial charge in [0.2, 0.25) is 0 Å². The molecular formula is C18H35IN4O2. The van der Waals surface area contributed by atoms with E-state index in [-0.39, 0.29) is 36.5 Å². The predicted octanol–water partition coefficient (Wildman–Crippen LogP) is 2.52. The van der Waals surface area contributed by atoms with Crippen molar-refractivity contribution in [2.45, 2.75) is 77.5 Å². The molecule has 1 atom stereocenters. The van der Waals surface area contributed by atoms with Crippen molar-refractivity contribution >= 4 is 35.9 Å². The lowest BCUT2D eigenvalue weighted by Crippen LogP contribution is -2.45. The molecule has 0 aromatic heterocycles. The number of carbonyl (C=O) groups excluding carboxylic acids is 1. The van der Waals surface area contributed by atoms with Gasteiger partial charge < -0.3 is 15.4 Å². The molecule has 1 saturated carbocycles. The highest BCUT2D eigenvalue weighted by Gasteiger charge is 2.30. The van der Waals surface area contributed by atoms with Gasteiger partial charge in [-0.15, -0.1) is 24.0 Å². The van der Waals surface area contributed by atoms with Crippen molar-refractivity contribution in [2.75, 3.05) is 26.2 Å². The third kappa shape index (κ3) is 8.11. The molecule has 1 unspecified atom stereocenters. The first-order valence-corrected chi connectivity index (χ1v) is 9.38. The fourth-order valence-electron chi connectivity index (χ4n) is 3.54. The highest BCUT2D eigenvalue weighted by atomic mass is 127. The Hall–Kier alpha value is -0.570. The van der Waals surface area contributed by atoms with E-state index in [1.807, 2.05) is 27.7 Å². The Morgan fingerprint density at radius 1 is 1.24 bits per heavy atom. The normalized spacial score (nSPS) is 22.6. The summed E-state index contributed by atoms with van der Waals surface area (Å²) in [7, 11) is 0. The number of carbonyl (C=O) groups is 1. The van der Waals surface area contributed by atoms with E-state index in [9.17, 15) is 4.79 Å². The van der Waals surface area contributed by atoms with Gasteiger partial charge in [0.25, 0.3) is 0 Å². The van der Waals surface area contributed by atoms with Crippen molar-refractivity contribution in [1.29, 1.82) is 0 Å². The topological polar surface area (TPSA) is 66.0 Å². The monoisotopic (exact) mass is 466 g/mol. The number of guanidine groups is 1. The van der Waals surface area contributed by atoms with E-state index in [0.717, 1.165) is 32.1 Å². The Kier molecular flexibility index (Phi) is 9.48. The first-order chi connectivity index (χ1) is 11.4. The molecule has 2 fully saturated rings. The number of ether oxygens (including phenoxy) is 1. The molecule has 1 saturated heterocycles. The largest absolute Gasteiger partial charge is 0.459 e. The average Bonchev–Trinajstić information content (AvgIpc) is 3.14. The standard InChI is InChI=1S/C18H34N4O2.HI/c1-5-19-17(20-12-16(23)24-18(2,3)4)21-14-10-11-22(13-14)15-8-6-7-9-15;/h14-15H,5-13H2,1-4H3,(H2,19,20,21);1H. The Morgan fingerprint density at radius 2 is 1.92 bits per heavy atom. The lowest BCUT2D eigenvalue weighted by Gasteiger charge is -2.24. The summed E-state index contributed by atoms with van der Waals surface area (Å²) in [5.41, 5.74) is -0.467. The van der Waals surface area contributed by atoms with Crippen LogP contribution in [0.2, 0.25) is 0 Å². The zero-order valence-electron chi connectivity index (χ0n) is 16.1. The number of hydrogen-bond acceptors (Lipinski definition) is 4. The van der Waals surface area contributed by atoms with Gasteiger partial charge in [-0.2, -0.15) is 0 Å². The lowest BCUT2D eigenvalue weighted by atomic mass is 10.2. The zero-order chi connectivity index (χ0) is 17.6. The molecule has 0 aromatic carbocycles. The average molecular weight is 466 g/mol. The Balaban J connectivity index is 0.00000312. The maximum Gasteiger partial charge on any atom is 0.328 e. The van der Waals surface area contributed by atoms with Crippen LogP contribution in [0.15, 0.2) is 4.99 Å². The minimum atomic E-state index is -0.467. The SMILES string of the molecule is CCNC(=NCC(=O)OC(C)(C)C)NC1CCN(C2CCCC2)C1.I. The molecule has 0 amide bonds. The summed E-state index contributed by atoms with van der Waals surface area (Å²) in [5, 5.41) is 6.70. The van der Waals surface area contributed by atoms with Crippen LogP contribution in [0.4, 0.5) is 0 Å². The molecule has 1 aliphatic carbocycles. The second-order valence-electron chi connectivity index (χ2n) is 7.84. The first kappa shape index (κ1) is 22.5. The van der Waals surface area contributed by atoms with Crippen molar-refractivity contribution in [1.82, 2.24) is 15.5 Å². The number of halogens is 1. The Bertz CT molecular complexity index is 445. The van der Waals surface area contributed by atoms with E-state index >= 15 is 0 Å². The van der Waals surface area contributed by atoms with E-state index in [0.29, 0.717) is 12.0 Å². The van der Waals surface area contributed by atoms with Crippen LogP contribution in [0.5, 0.6) is 0 Å². The molecule has 6 nitrogen and oxygen atoms in total. The van der Waals surface area contributed by atoms with Crippen molar-refractivity contribution in [3.63, 3.8) is 0 Å². The summed E-state index contributed by atoms with van der Waals surface area (Å²) in [6.45, 7) is 10.7. The summed E-state index contributed by atoms with van der Waals surface area (Å²) in [4.78, 5) is 18.8. The second kappa shape index (κ2) is 10.5. The van der Waals surface area contributed by atoms with Gasteiger partial charge in [-0.05, 0) is 47.0 Å². The van der Waals surface area contributed by atoms with E-state index in [1.165, 1.54) is 25.7 Å². The molecule has 25 heavy (non-hydrogen) atoms. The van der Waals surface area contributed by atoms with E-state index in [4.69, 9.17) is 4.74 Å². The van der Waals surface area contributed by atoms with Crippen LogP contribution in [0, 0.1) is 0 Å². The molecule has 2 N–H and O–H groups in total. The minimum absolute atomic E-state index is 0.